The van der Waals surface area contributed by atoms with Crippen molar-refractivity contribution < 1.29 is 14.3 Å². The molecule has 1 heterocycles. The lowest BCUT2D eigenvalue weighted by atomic mass is 10.1. The quantitative estimate of drug-likeness (QED) is 0.567. The lowest BCUT2D eigenvalue weighted by molar-refractivity contribution is 0.0303. The molecule has 0 N–H and O–H groups in total. The molecule has 5 heteroatoms. The fourth-order valence-electron chi connectivity index (χ4n) is 1.71. The second-order valence-electron chi connectivity index (χ2n) is 3.66. The first-order chi connectivity index (χ1) is 8.31. The molecule has 1 saturated heterocycles. The lowest BCUT2D eigenvalue weighted by Crippen LogP contribution is -2.40. The van der Waals surface area contributed by atoms with Crippen LogP contribution in [0.3, 0.4) is 0 Å². The van der Waals surface area contributed by atoms with Crippen molar-refractivity contribution >= 4 is 17.7 Å². The minimum atomic E-state index is -0.0590. The smallest absolute Gasteiger partial charge is 0.254 e. The van der Waals surface area contributed by atoms with Crippen molar-refractivity contribution in [3.63, 3.8) is 0 Å². The van der Waals surface area contributed by atoms with Gasteiger partial charge < -0.3 is 9.64 Å². The molecule has 0 radical (unpaired) electrons. The molecule has 0 spiro atoms. The van der Waals surface area contributed by atoms with E-state index in [1.807, 2.05) is 0 Å². The van der Waals surface area contributed by atoms with Gasteiger partial charge in [-0.05, 0) is 18.2 Å². The highest BCUT2D eigenvalue weighted by atomic mass is 16.5. The van der Waals surface area contributed by atoms with Crippen LogP contribution in [0.1, 0.15) is 10.4 Å². The number of carbonyl (C=O) groups excluding carboxylic acids is 2. The molecule has 88 valence electrons. The number of amides is 1. The van der Waals surface area contributed by atoms with Gasteiger partial charge in [0.1, 0.15) is 0 Å². The van der Waals surface area contributed by atoms with E-state index < -0.39 is 0 Å². The molecule has 1 aliphatic heterocycles. The fourth-order valence-corrected chi connectivity index (χ4v) is 1.71. The molecule has 1 aliphatic rings. The van der Waals surface area contributed by atoms with E-state index in [2.05, 4.69) is 4.99 Å². The Labute approximate surface area is 98.7 Å². The van der Waals surface area contributed by atoms with Crippen molar-refractivity contribution in [3.05, 3.63) is 29.8 Å². The van der Waals surface area contributed by atoms with Gasteiger partial charge in [-0.25, -0.2) is 4.79 Å². The average Bonchev–Trinajstić information content (AvgIpc) is 2.40. The van der Waals surface area contributed by atoms with Gasteiger partial charge in [-0.2, -0.15) is 4.99 Å². The Kier molecular flexibility index (Phi) is 3.65. The minimum Gasteiger partial charge on any atom is -0.378 e. The van der Waals surface area contributed by atoms with E-state index in [9.17, 15) is 9.59 Å². The number of ether oxygens (including phenoxy) is 1. The minimum absolute atomic E-state index is 0.0590. The van der Waals surface area contributed by atoms with Crippen molar-refractivity contribution in [3.8, 4) is 0 Å². The summed E-state index contributed by atoms with van der Waals surface area (Å²) in [5.74, 6) is -0.0590. The number of rotatable bonds is 2. The molecule has 1 amide bonds. The van der Waals surface area contributed by atoms with Crippen LogP contribution in [0.25, 0.3) is 0 Å². The summed E-state index contributed by atoms with van der Waals surface area (Å²) in [5.41, 5.74) is 0.975. The molecule has 17 heavy (non-hydrogen) atoms. The van der Waals surface area contributed by atoms with Crippen LogP contribution in [0.2, 0.25) is 0 Å². The van der Waals surface area contributed by atoms with Crippen LogP contribution < -0.4 is 0 Å². The van der Waals surface area contributed by atoms with Crippen LogP contribution in [0.4, 0.5) is 5.69 Å². The summed E-state index contributed by atoms with van der Waals surface area (Å²) in [7, 11) is 0. The summed E-state index contributed by atoms with van der Waals surface area (Å²) >= 11 is 0. The first kappa shape index (κ1) is 11.5. The van der Waals surface area contributed by atoms with Crippen LogP contribution >= 0.6 is 0 Å². The number of carbonyl (C=O) groups is 1. The molecular weight excluding hydrogens is 220 g/mol. The summed E-state index contributed by atoms with van der Waals surface area (Å²) in [6.07, 6.45) is 1.46. The van der Waals surface area contributed by atoms with Gasteiger partial charge in [-0.15, -0.1) is 0 Å². The van der Waals surface area contributed by atoms with Crippen LogP contribution in [-0.2, 0) is 9.53 Å². The van der Waals surface area contributed by atoms with E-state index >= 15 is 0 Å². The van der Waals surface area contributed by atoms with Crippen LogP contribution in [0.5, 0.6) is 0 Å². The molecule has 0 atom stereocenters. The number of hydrogen-bond acceptors (Lipinski definition) is 4. The van der Waals surface area contributed by atoms with Gasteiger partial charge in [0, 0.05) is 18.7 Å². The molecule has 0 aromatic heterocycles. The first-order valence-corrected chi connectivity index (χ1v) is 5.36. The Morgan fingerprint density at radius 2 is 2.12 bits per heavy atom. The largest absolute Gasteiger partial charge is 0.378 e. The molecule has 0 aliphatic carbocycles. The maximum Gasteiger partial charge on any atom is 0.254 e. The maximum absolute atomic E-state index is 12.1. The highest BCUT2D eigenvalue weighted by Crippen LogP contribution is 2.15. The maximum atomic E-state index is 12.1. The topological polar surface area (TPSA) is 59.0 Å². The predicted molar refractivity (Wildman–Crippen MR) is 60.9 cm³/mol. The summed E-state index contributed by atoms with van der Waals surface area (Å²) in [6, 6.07) is 6.65. The standard InChI is InChI=1S/C12H12N2O3/c15-9-13-11-3-1-2-10(8-11)12(16)14-4-6-17-7-5-14/h1-3,8H,4-7H2. The van der Waals surface area contributed by atoms with Gasteiger partial charge in [-0.1, -0.05) is 6.07 Å². The first-order valence-electron chi connectivity index (χ1n) is 5.36. The fraction of sp³-hybridized carbons (Fsp3) is 0.333. The number of morpholine rings is 1. The Hall–Kier alpha value is -1.97. The number of isocyanates is 1. The van der Waals surface area contributed by atoms with Gasteiger partial charge in [0.15, 0.2) is 0 Å². The molecule has 0 bridgehead atoms. The SMILES string of the molecule is O=C=Nc1cccc(C(=O)N2CCOCC2)c1. The third-order valence-corrected chi connectivity index (χ3v) is 2.57. The van der Waals surface area contributed by atoms with Gasteiger partial charge in [0.2, 0.25) is 6.08 Å². The Balaban J connectivity index is 2.17. The monoisotopic (exact) mass is 232 g/mol. The zero-order chi connectivity index (χ0) is 12.1. The average molecular weight is 232 g/mol. The Morgan fingerprint density at radius 1 is 1.35 bits per heavy atom. The number of nitrogens with zero attached hydrogens (tertiary/aromatic N) is 2. The highest BCUT2D eigenvalue weighted by Gasteiger charge is 2.18. The van der Waals surface area contributed by atoms with E-state index in [0.29, 0.717) is 37.6 Å². The van der Waals surface area contributed by atoms with Gasteiger partial charge in [0.05, 0.1) is 18.9 Å². The molecule has 0 unspecified atom stereocenters. The van der Waals surface area contributed by atoms with E-state index in [4.69, 9.17) is 4.74 Å². The molecule has 5 nitrogen and oxygen atoms in total. The van der Waals surface area contributed by atoms with Gasteiger partial charge >= 0.3 is 0 Å². The van der Waals surface area contributed by atoms with Crippen molar-refractivity contribution in [1.82, 2.24) is 4.90 Å². The number of aliphatic imine (C=N–C) groups is 1. The van der Waals surface area contributed by atoms with E-state index in [1.54, 1.807) is 29.2 Å². The highest BCUT2D eigenvalue weighted by molar-refractivity contribution is 5.95. The molecule has 2 rings (SSSR count). The second kappa shape index (κ2) is 5.39. The van der Waals surface area contributed by atoms with Crippen molar-refractivity contribution in [2.24, 2.45) is 4.99 Å². The Morgan fingerprint density at radius 3 is 2.82 bits per heavy atom. The van der Waals surface area contributed by atoms with E-state index in [1.165, 1.54) is 6.08 Å². The summed E-state index contributed by atoms with van der Waals surface area (Å²) in [5, 5.41) is 0. The van der Waals surface area contributed by atoms with Crippen LogP contribution in [-0.4, -0.2) is 43.2 Å². The zero-order valence-corrected chi connectivity index (χ0v) is 9.26. The van der Waals surface area contributed by atoms with Gasteiger partial charge in [-0.3, -0.25) is 4.79 Å². The third kappa shape index (κ3) is 2.78. The molecule has 0 saturated carbocycles. The van der Waals surface area contributed by atoms with Crippen LogP contribution in [0.15, 0.2) is 29.3 Å². The zero-order valence-electron chi connectivity index (χ0n) is 9.26. The van der Waals surface area contributed by atoms with Crippen molar-refractivity contribution in [2.45, 2.75) is 0 Å². The van der Waals surface area contributed by atoms with Crippen molar-refractivity contribution in [2.75, 3.05) is 26.3 Å². The van der Waals surface area contributed by atoms with Gasteiger partial charge in [0.25, 0.3) is 5.91 Å². The number of hydrogen-bond donors (Lipinski definition) is 0. The molecule has 1 fully saturated rings. The lowest BCUT2D eigenvalue weighted by Gasteiger charge is -2.26. The Bertz CT molecular complexity index is 461. The summed E-state index contributed by atoms with van der Waals surface area (Å²) in [4.78, 5) is 27.5. The predicted octanol–water partition coefficient (Wildman–Crippen LogP) is 1.13. The molecule has 1 aromatic rings. The summed E-state index contributed by atoms with van der Waals surface area (Å²) < 4.78 is 5.18. The normalized spacial score (nSPS) is 15.2. The van der Waals surface area contributed by atoms with Crippen LogP contribution in [0, 0.1) is 0 Å². The van der Waals surface area contributed by atoms with E-state index in [0.717, 1.165) is 0 Å². The number of benzene rings is 1. The van der Waals surface area contributed by atoms with E-state index in [-0.39, 0.29) is 5.91 Å². The second-order valence-corrected chi connectivity index (χ2v) is 3.66. The molecule has 1 aromatic carbocycles. The third-order valence-electron chi connectivity index (χ3n) is 2.57. The molecular formula is C12H12N2O3. The summed E-state index contributed by atoms with van der Waals surface area (Å²) in [6.45, 7) is 2.33. The van der Waals surface area contributed by atoms with Crippen molar-refractivity contribution in [1.29, 1.82) is 0 Å².